The number of amides is 1. The molecule has 0 aliphatic heterocycles. The number of anilines is 1. The lowest BCUT2D eigenvalue weighted by molar-refractivity contribution is 0.0985. The minimum Gasteiger partial charge on any atom is -0.494 e. The fraction of sp³-hybridized carbons (Fsp3) is 0.263. The lowest BCUT2D eigenvalue weighted by atomic mass is 10.2. The Kier molecular flexibility index (Phi) is 6.22. The minimum absolute atomic E-state index is 0.195. The number of hydrogen-bond donors (Lipinski definition) is 0. The van der Waals surface area contributed by atoms with Crippen LogP contribution in [-0.2, 0) is 0 Å². The summed E-state index contributed by atoms with van der Waals surface area (Å²) in [6.45, 7) is 1.17. The topological polar surface area (TPSA) is 45.7 Å². The molecule has 3 rings (SSSR count). The van der Waals surface area contributed by atoms with E-state index in [0.717, 1.165) is 10.2 Å². The largest absolute Gasteiger partial charge is 0.494 e. The summed E-state index contributed by atoms with van der Waals surface area (Å²) in [4.78, 5) is 21.6. The number of thiazole rings is 1. The molecular formula is C19H19Cl2N3O2S. The van der Waals surface area contributed by atoms with E-state index in [0.29, 0.717) is 39.6 Å². The number of carbonyl (C=O) groups excluding carboxylic acids is 1. The van der Waals surface area contributed by atoms with Gasteiger partial charge in [-0.2, -0.15) is 0 Å². The van der Waals surface area contributed by atoms with Gasteiger partial charge in [0.05, 0.1) is 11.8 Å². The number of nitrogens with zero attached hydrogens (tertiary/aromatic N) is 3. The first-order chi connectivity index (χ1) is 12.9. The van der Waals surface area contributed by atoms with Crippen molar-refractivity contribution in [3.63, 3.8) is 0 Å². The van der Waals surface area contributed by atoms with Gasteiger partial charge in [-0.25, -0.2) is 4.98 Å². The minimum atomic E-state index is -0.195. The summed E-state index contributed by atoms with van der Waals surface area (Å²) in [7, 11) is 5.53. The molecule has 8 heteroatoms. The highest BCUT2D eigenvalue weighted by molar-refractivity contribution is 7.22. The summed E-state index contributed by atoms with van der Waals surface area (Å²) in [5.74, 6) is 0.486. The number of para-hydroxylation sites is 1. The van der Waals surface area contributed by atoms with Crippen LogP contribution in [0.15, 0.2) is 36.4 Å². The Hall–Kier alpha value is -1.86. The number of rotatable bonds is 6. The van der Waals surface area contributed by atoms with Crippen molar-refractivity contribution in [2.24, 2.45) is 0 Å². The standard InChI is InChI=1S/C19H19Cl2N3O2S/c1-23(2)7-8-24(18(25)12-9-13(20)11-14(21)10-12)19-22-17-15(26-3)5-4-6-16(17)27-19/h4-6,9-11H,7-8H2,1-3H3. The molecule has 142 valence electrons. The van der Waals surface area contributed by atoms with Gasteiger partial charge in [0.2, 0.25) is 0 Å². The molecule has 3 aromatic rings. The zero-order chi connectivity index (χ0) is 19.6. The number of aromatic nitrogens is 1. The van der Waals surface area contributed by atoms with Crippen LogP contribution in [0.4, 0.5) is 5.13 Å². The molecule has 0 saturated heterocycles. The van der Waals surface area contributed by atoms with E-state index in [9.17, 15) is 4.79 Å². The smallest absolute Gasteiger partial charge is 0.260 e. The first-order valence-corrected chi connectivity index (χ1v) is 9.82. The van der Waals surface area contributed by atoms with Crippen molar-refractivity contribution < 1.29 is 9.53 Å². The van der Waals surface area contributed by atoms with Gasteiger partial charge >= 0.3 is 0 Å². The van der Waals surface area contributed by atoms with Gasteiger partial charge in [0.15, 0.2) is 5.13 Å². The number of hydrogen-bond acceptors (Lipinski definition) is 5. The lowest BCUT2D eigenvalue weighted by Gasteiger charge is -2.22. The molecular weight excluding hydrogens is 405 g/mol. The number of halogens is 2. The molecule has 0 radical (unpaired) electrons. The molecule has 0 bridgehead atoms. The molecule has 0 aliphatic carbocycles. The van der Waals surface area contributed by atoms with Gasteiger partial charge in [0.1, 0.15) is 11.3 Å². The molecule has 27 heavy (non-hydrogen) atoms. The molecule has 0 fully saturated rings. The number of fused-ring (bicyclic) bond motifs is 1. The van der Waals surface area contributed by atoms with Crippen LogP contribution in [0, 0.1) is 0 Å². The SMILES string of the molecule is COc1cccc2sc(N(CCN(C)C)C(=O)c3cc(Cl)cc(Cl)c3)nc12. The second kappa shape index (κ2) is 8.44. The van der Waals surface area contributed by atoms with Crippen LogP contribution in [0.3, 0.4) is 0 Å². The average Bonchev–Trinajstić information content (AvgIpc) is 3.04. The first-order valence-electron chi connectivity index (χ1n) is 8.25. The zero-order valence-corrected chi connectivity index (χ0v) is 17.5. The maximum atomic E-state index is 13.2. The first kappa shape index (κ1) is 19.9. The van der Waals surface area contributed by atoms with E-state index in [4.69, 9.17) is 27.9 Å². The highest BCUT2D eigenvalue weighted by atomic mass is 35.5. The quantitative estimate of drug-likeness (QED) is 0.569. The Morgan fingerprint density at radius 3 is 2.48 bits per heavy atom. The third-order valence-corrected chi connectivity index (χ3v) is 5.43. The molecule has 1 heterocycles. The van der Waals surface area contributed by atoms with Gasteiger partial charge in [-0.1, -0.05) is 40.6 Å². The van der Waals surface area contributed by atoms with Crippen LogP contribution in [-0.4, -0.2) is 50.1 Å². The third-order valence-electron chi connectivity index (χ3n) is 3.95. The fourth-order valence-electron chi connectivity index (χ4n) is 2.61. The number of benzene rings is 2. The van der Waals surface area contributed by atoms with Gasteiger partial charge in [-0.05, 0) is 44.4 Å². The zero-order valence-electron chi connectivity index (χ0n) is 15.2. The molecule has 2 aromatic carbocycles. The van der Waals surface area contributed by atoms with Crippen LogP contribution in [0.25, 0.3) is 10.2 Å². The highest BCUT2D eigenvalue weighted by Crippen LogP contribution is 2.34. The van der Waals surface area contributed by atoms with E-state index in [1.54, 1.807) is 30.2 Å². The Morgan fingerprint density at radius 1 is 1.15 bits per heavy atom. The van der Waals surface area contributed by atoms with E-state index >= 15 is 0 Å². The van der Waals surface area contributed by atoms with Crippen molar-refractivity contribution in [3.05, 3.63) is 52.0 Å². The summed E-state index contributed by atoms with van der Waals surface area (Å²) in [6, 6.07) is 10.6. The van der Waals surface area contributed by atoms with Crippen LogP contribution in [0.2, 0.25) is 10.0 Å². The van der Waals surface area contributed by atoms with E-state index in [1.807, 2.05) is 37.2 Å². The Balaban J connectivity index is 2.04. The van der Waals surface area contributed by atoms with Gasteiger partial charge in [-0.3, -0.25) is 9.69 Å². The molecule has 0 unspecified atom stereocenters. The monoisotopic (exact) mass is 423 g/mol. The second-order valence-electron chi connectivity index (χ2n) is 6.22. The van der Waals surface area contributed by atoms with Crippen LogP contribution in [0.1, 0.15) is 10.4 Å². The third kappa shape index (κ3) is 4.52. The number of likely N-dealkylation sites (N-methyl/N-ethyl adjacent to an activating group) is 1. The van der Waals surface area contributed by atoms with Crippen LogP contribution >= 0.6 is 34.5 Å². The van der Waals surface area contributed by atoms with E-state index < -0.39 is 0 Å². The van der Waals surface area contributed by atoms with Crippen molar-refractivity contribution in [2.45, 2.75) is 0 Å². The average molecular weight is 424 g/mol. The molecule has 1 amide bonds. The van der Waals surface area contributed by atoms with Gasteiger partial charge < -0.3 is 9.64 Å². The normalized spacial score (nSPS) is 11.2. The fourth-order valence-corrected chi connectivity index (χ4v) is 4.14. The summed E-state index contributed by atoms with van der Waals surface area (Å²) in [5, 5.41) is 1.45. The summed E-state index contributed by atoms with van der Waals surface area (Å²) < 4.78 is 6.35. The second-order valence-corrected chi connectivity index (χ2v) is 8.10. The van der Waals surface area contributed by atoms with Crippen molar-refractivity contribution in [3.8, 4) is 5.75 Å². The van der Waals surface area contributed by atoms with Crippen LogP contribution < -0.4 is 9.64 Å². The Bertz CT molecular complexity index is 954. The lowest BCUT2D eigenvalue weighted by Crippen LogP contribution is -2.36. The maximum Gasteiger partial charge on any atom is 0.260 e. The number of methoxy groups -OCH3 is 1. The van der Waals surface area contributed by atoms with Crippen molar-refractivity contribution >= 4 is 55.8 Å². The highest BCUT2D eigenvalue weighted by Gasteiger charge is 2.23. The van der Waals surface area contributed by atoms with E-state index in [2.05, 4.69) is 4.98 Å². The molecule has 0 saturated carbocycles. The molecule has 0 atom stereocenters. The Labute approximate surface area is 172 Å². The predicted octanol–water partition coefficient (Wildman–Crippen LogP) is 4.82. The van der Waals surface area contributed by atoms with Crippen molar-refractivity contribution in [1.82, 2.24) is 9.88 Å². The van der Waals surface area contributed by atoms with Crippen molar-refractivity contribution in [1.29, 1.82) is 0 Å². The summed E-state index contributed by atoms with van der Waals surface area (Å²) in [6.07, 6.45) is 0. The van der Waals surface area contributed by atoms with Gasteiger partial charge in [-0.15, -0.1) is 0 Å². The molecule has 0 aliphatic rings. The van der Waals surface area contributed by atoms with Gasteiger partial charge in [0, 0.05) is 28.7 Å². The molecule has 1 aromatic heterocycles. The Morgan fingerprint density at radius 2 is 1.85 bits per heavy atom. The summed E-state index contributed by atoms with van der Waals surface area (Å²) in [5.41, 5.74) is 1.17. The molecule has 0 spiro atoms. The number of ether oxygens (including phenoxy) is 1. The predicted molar refractivity (Wildman–Crippen MR) is 113 cm³/mol. The summed E-state index contributed by atoms with van der Waals surface area (Å²) >= 11 is 13.6. The maximum absolute atomic E-state index is 13.2. The molecule has 5 nitrogen and oxygen atoms in total. The van der Waals surface area contributed by atoms with E-state index in [-0.39, 0.29) is 5.91 Å². The molecule has 0 N–H and O–H groups in total. The van der Waals surface area contributed by atoms with E-state index in [1.165, 1.54) is 11.3 Å². The van der Waals surface area contributed by atoms with Crippen LogP contribution in [0.5, 0.6) is 5.75 Å². The van der Waals surface area contributed by atoms with Gasteiger partial charge in [0.25, 0.3) is 5.91 Å². The van der Waals surface area contributed by atoms with Crippen molar-refractivity contribution in [2.75, 3.05) is 39.2 Å². The number of carbonyl (C=O) groups is 1.